The Morgan fingerprint density at radius 3 is 2.43 bits per heavy atom. The molecule has 4 heteroatoms. The van der Waals surface area contributed by atoms with Gasteiger partial charge in [-0.1, -0.05) is 24.3 Å². The van der Waals surface area contributed by atoms with Gasteiger partial charge in [0.25, 0.3) is 0 Å². The fourth-order valence-electron chi connectivity index (χ4n) is 2.47. The molecule has 0 saturated heterocycles. The van der Waals surface area contributed by atoms with Gasteiger partial charge in [0.2, 0.25) is 0 Å². The summed E-state index contributed by atoms with van der Waals surface area (Å²) in [5.74, 6) is 0. The normalized spacial score (nSPS) is 12.8. The summed E-state index contributed by atoms with van der Waals surface area (Å²) in [4.78, 5) is 2.40. The monoisotopic (exact) mass is 294 g/mol. The van der Waals surface area contributed by atoms with E-state index in [0.717, 1.165) is 45.7 Å². The second-order valence-corrected chi connectivity index (χ2v) is 5.43. The smallest absolute Gasteiger partial charge is 0.0589 e. The van der Waals surface area contributed by atoms with Gasteiger partial charge in [-0.3, -0.25) is 0 Å². The van der Waals surface area contributed by atoms with E-state index in [9.17, 15) is 0 Å². The fourth-order valence-corrected chi connectivity index (χ4v) is 2.47. The van der Waals surface area contributed by atoms with E-state index in [-0.39, 0.29) is 6.04 Å². The van der Waals surface area contributed by atoms with Gasteiger partial charge in [-0.05, 0) is 30.9 Å². The highest BCUT2D eigenvalue weighted by Gasteiger charge is 2.11. The van der Waals surface area contributed by atoms with Gasteiger partial charge >= 0.3 is 0 Å². The minimum absolute atomic E-state index is 0.0960. The largest absolute Gasteiger partial charge is 0.385 e. The molecule has 1 rings (SSSR count). The van der Waals surface area contributed by atoms with E-state index in [0.29, 0.717) is 0 Å². The van der Waals surface area contributed by atoms with Crippen LogP contribution in [-0.2, 0) is 9.47 Å². The summed E-state index contributed by atoms with van der Waals surface area (Å²) in [6.45, 7) is 6.64. The predicted molar refractivity (Wildman–Crippen MR) is 87.5 cm³/mol. The third-order valence-electron chi connectivity index (χ3n) is 3.78. The number of rotatable bonds is 11. The molecule has 0 radical (unpaired) electrons. The molecule has 0 spiro atoms. The van der Waals surface area contributed by atoms with Gasteiger partial charge in [0.15, 0.2) is 0 Å². The first-order valence-corrected chi connectivity index (χ1v) is 7.70. The molecule has 2 N–H and O–H groups in total. The van der Waals surface area contributed by atoms with Gasteiger partial charge in [-0.15, -0.1) is 0 Å². The van der Waals surface area contributed by atoms with Crippen LogP contribution in [0.2, 0.25) is 0 Å². The number of ether oxygens (including phenoxy) is 2. The summed E-state index contributed by atoms with van der Waals surface area (Å²) in [6.07, 6.45) is 2.00. The summed E-state index contributed by atoms with van der Waals surface area (Å²) in [5.41, 5.74) is 8.87. The highest BCUT2D eigenvalue weighted by atomic mass is 16.5. The van der Waals surface area contributed by atoms with Crippen LogP contribution in [0.15, 0.2) is 24.3 Å². The highest BCUT2D eigenvalue weighted by molar-refractivity contribution is 5.28. The van der Waals surface area contributed by atoms with Crippen LogP contribution in [0, 0.1) is 6.92 Å². The Balaban J connectivity index is 2.45. The topological polar surface area (TPSA) is 47.7 Å². The van der Waals surface area contributed by atoms with Crippen LogP contribution >= 0.6 is 0 Å². The van der Waals surface area contributed by atoms with Crippen molar-refractivity contribution in [3.05, 3.63) is 35.4 Å². The van der Waals surface area contributed by atoms with Crippen molar-refractivity contribution >= 4 is 0 Å². The second kappa shape index (κ2) is 10.7. The number of benzene rings is 1. The predicted octanol–water partition coefficient (Wildman–Crippen LogP) is 2.37. The summed E-state index contributed by atoms with van der Waals surface area (Å²) in [7, 11) is 3.49. The minimum atomic E-state index is 0.0960. The molecule has 4 nitrogen and oxygen atoms in total. The Labute approximate surface area is 129 Å². The van der Waals surface area contributed by atoms with Crippen molar-refractivity contribution in [1.29, 1.82) is 0 Å². The van der Waals surface area contributed by atoms with E-state index in [1.807, 2.05) is 0 Å². The average Bonchev–Trinajstić information content (AvgIpc) is 2.49. The van der Waals surface area contributed by atoms with Crippen molar-refractivity contribution in [2.45, 2.75) is 25.8 Å². The Hall–Kier alpha value is -0.940. The van der Waals surface area contributed by atoms with Crippen molar-refractivity contribution in [3.63, 3.8) is 0 Å². The van der Waals surface area contributed by atoms with Gasteiger partial charge < -0.3 is 20.1 Å². The maximum Gasteiger partial charge on any atom is 0.0589 e. The number of methoxy groups -OCH3 is 2. The van der Waals surface area contributed by atoms with Gasteiger partial charge in [0, 0.05) is 46.5 Å². The first kappa shape index (κ1) is 18.1. The Morgan fingerprint density at radius 1 is 1.05 bits per heavy atom. The summed E-state index contributed by atoms with van der Waals surface area (Å²) < 4.78 is 10.3. The maximum atomic E-state index is 6.35. The van der Waals surface area contributed by atoms with E-state index in [1.165, 1.54) is 11.1 Å². The molecule has 21 heavy (non-hydrogen) atoms. The first-order valence-electron chi connectivity index (χ1n) is 7.70. The molecule has 0 aliphatic carbocycles. The Morgan fingerprint density at radius 2 is 1.76 bits per heavy atom. The van der Waals surface area contributed by atoms with Crippen molar-refractivity contribution in [2.24, 2.45) is 5.73 Å². The molecule has 0 heterocycles. The van der Waals surface area contributed by atoms with Crippen LogP contribution in [0.3, 0.4) is 0 Å². The third-order valence-corrected chi connectivity index (χ3v) is 3.78. The number of nitrogens with zero attached hydrogens (tertiary/aromatic N) is 1. The van der Waals surface area contributed by atoms with Crippen molar-refractivity contribution < 1.29 is 9.47 Å². The third kappa shape index (κ3) is 7.05. The van der Waals surface area contributed by atoms with Gasteiger partial charge in [-0.25, -0.2) is 0 Å². The molecule has 1 aromatic carbocycles. The minimum Gasteiger partial charge on any atom is -0.385 e. The summed E-state index contributed by atoms with van der Waals surface area (Å²) in [5, 5.41) is 0. The van der Waals surface area contributed by atoms with Crippen molar-refractivity contribution in [3.8, 4) is 0 Å². The van der Waals surface area contributed by atoms with Gasteiger partial charge in [0.05, 0.1) is 6.61 Å². The molecular formula is C17H30N2O2. The average molecular weight is 294 g/mol. The van der Waals surface area contributed by atoms with E-state index >= 15 is 0 Å². The number of hydrogen-bond donors (Lipinski definition) is 1. The van der Waals surface area contributed by atoms with Gasteiger partial charge in [0.1, 0.15) is 0 Å². The SMILES string of the molecule is COCCCN(CCOC)CCC(N)c1ccccc1C. The molecule has 0 amide bonds. The van der Waals surface area contributed by atoms with Crippen LogP contribution in [-0.4, -0.2) is 52.0 Å². The zero-order valence-electron chi connectivity index (χ0n) is 13.7. The molecule has 0 saturated carbocycles. The molecule has 0 bridgehead atoms. The van der Waals surface area contributed by atoms with Crippen LogP contribution in [0.5, 0.6) is 0 Å². The van der Waals surface area contributed by atoms with E-state index in [1.54, 1.807) is 14.2 Å². The lowest BCUT2D eigenvalue weighted by molar-refractivity contribution is 0.131. The number of hydrogen-bond acceptors (Lipinski definition) is 4. The molecule has 0 aliphatic rings. The lowest BCUT2D eigenvalue weighted by Crippen LogP contribution is -2.32. The summed E-state index contributed by atoms with van der Waals surface area (Å²) >= 11 is 0. The zero-order chi connectivity index (χ0) is 15.5. The van der Waals surface area contributed by atoms with E-state index in [4.69, 9.17) is 15.2 Å². The van der Waals surface area contributed by atoms with Crippen LogP contribution in [0.25, 0.3) is 0 Å². The number of nitrogens with two attached hydrogens (primary N) is 1. The molecule has 120 valence electrons. The lowest BCUT2D eigenvalue weighted by Gasteiger charge is -2.24. The maximum absolute atomic E-state index is 6.35. The summed E-state index contributed by atoms with van der Waals surface area (Å²) in [6, 6.07) is 8.46. The molecular weight excluding hydrogens is 264 g/mol. The fraction of sp³-hybridized carbons (Fsp3) is 0.647. The highest BCUT2D eigenvalue weighted by Crippen LogP contribution is 2.18. The first-order chi connectivity index (χ1) is 10.2. The Kier molecular flexibility index (Phi) is 9.26. The van der Waals surface area contributed by atoms with Crippen LogP contribution in [0.4, 0.5) is 0 Å². The lowest BCUT2D eigenvalue weighted by atomic mass is 9.99. The number of aryl methyl sites for hydroxylation is 1. The quantitative estimate of drug-likeness (QED) is 0.637. The molecule has 1 unspecified atom stereocenters. The van der Waals surface area contributed by atoms with E-state index in [2.05, 4.69) is 36.1 Å². The van der Waals surface area contributed by atoms with E-state index < -0.39 is 0 Å². The molecule has 1 atom stereocenters. The van der Waals surface area contributed by atoms with Gasteiger partial charge in [-0.2, -0.15) is 0 Å². The second-order valence-electron chi connectivity index (χ2n) is 5.43. The molecule has 0 aliphatic heterocycles. The zero-order valence-corrected chi connectivity index (χ0v) is 13.7. The standard InChI is InChI=1S/C17H30N2O2/c1-15-7-4-5-8-16(15)17(18)9-11-19(12-14-21-3)10-6-13-20-2/h4-5,7-8,17H,6,9-14,18H2,1-3H3. The molecule has 0 fully saturated rings. The Bertz CT molecular complexity index is 385. The van der Waals surface area contributed by atoms with Crippen molar-refractivity contribution in [2.75, 3.05) is 47.1 Å². The molecule has 0 aromatic heterocycles. The molecule has 1 aromatic rings. The van der Waals surface area contributed by atoms with Crippen LogP contribution < -0.4 is 5.73 Å². The van der Waals surface area contributed by atoms with Crippen LogP contribution in [0.1, 0.15) is 30.0 Å². The van der Waals surface area contributed by atoms with Crippen molar-refractivity contribution in [1.82, 2.24) is 4.90 Å².